The Morgan fingerprint density at radius 1 is 1.00 bits per heavy atom. The fourth-order valence-electron chi connectivity index (χ4n) is 4.18. The maximum Gasteiger partial charge on any atom is 0.0744 e. The van der Waals surface area contributed by atoms with E-state index in [1.54, 1.807) is 6.20 Å². The molecule has 0 amide bonds. The van der Waals surface area contributed by atoms with Crippen molar-refractivity contribution in [2.45, 2.75) is 25.7 Å². The highest BCUT2D eigenvalue weighted by atomic mass is 15.1. The van der Waals surface area contributed by atoms with Crippen molar-refractivity contribution in [1.29, 1.82) is 0 Å². The molecule has 4 aromatic rings. The van der Waals surface area contributed by atoms with Gasteiger partial charge in [-0.3, -0.25) is 10.1 Å². The topological polar surface area (TPSA) is 53.9 Å². The summed E-state index contributed by atoms with van der Waals surface area (Å²) in [6, 6.07) is 12.7. The number of nitrogens with one attached hydrogen (secondary N) is 1. The molecule has 1 N–H and O–H groups in total. The van der Waals surface area contributed by atoms with E-state index < -0.39 is 0 Å². The first-order chi connectivity index (χ1) is 13.3. The van der Waals surface area contributed by atoms with E-state index in [1.165, 1.54) is 40.3 Å². The summed E-state index contributed by atoms with van der Waals surface area (Å²) < 4.78 is 0. The Morgan fingerprint density at radius 3 is 2.63 bits per heavy atom. The van der Waals surface area contributed by atoms with E-state index in [0.717, 1.165) is 35.1 Å². The standard InChI is InChI=1S/C23H20N4/c1-24-13-12-15-6-8-16(9-7-15)23-18-5-3-2-4-17(18)22-19-14-25-27-20(19)10-11-21(22)26-23/h6-14H,1-5H2,(H,25,27)/b13-12-. The van der Waals surface area contributed by atoms with Crippen LogP contribution in [0.25, 0.3) is 39.1 Å². The summed E-state index contributed by atoms with van der Waals surface area (Å²) in [4.78, 5) is 8.87. The lowest BCUT2D eigenvalue weighted by Gasteiger charge is -2.21. The van der Waals surface area contributed by atoms with Crippen molar-refractivity contribution in [3.8, 4) is 11.3 Å². The van der Waals surface area contributed by atoms with Crippen LogP contribution in [0.2, 0.25) is 0 Å². The molecule has 2 aromatic carbocycles. The van der Waals surface area contributed by atoms with Crippen LogP contribution in [0.4, 0.5) is 0 Å². The lowest BCUT2D eigenvalue weighted by Crippen LogP contribution is -2.07. The first-order valence-electron chi connectivity index (χ1n) is 9.35. The van der Waals surface area contributed by atoms with Gasteiger partial charge in [-0.15, -0.1) is 0 Å². The first kappa shape index (κ1) is 15.9. The van der Waals surface area contributed by atoms with Crippen LogP contribution in [0.1, 0.15) is 29.5 Å². The second-order valence-electron chi connectivity index (χ2n) is 7.04. The smallest absolute Gasteiger partial charge is 0.0744 e. The third-order valence-corrected chi connectivity index (χ3v) is 5.45. The number of aliphatic imine (C=N–C) groups is 1. The summed E-state index contributed by atoms with van der Waals surface area (Å²) in [5.41, 5.74) is 8.40. The maximum absolute atomic E-state index is 5.09. The van der Waals surface area contributed by atoms with E-state index in [9.17, 15) is 0 Å². The fraction of sp³-hybridized carbons (Fsp3) is 0.174. The summed E-state index contributed by atoms with van der Waals surface area (Å²) in [6.07, 6.45) is 10.2. The number of aromatic amines is 1. The molecule has 0 radical (unpaired) electrons. The van der Waals surface area contributed by atoms with Crippen molar-refractivity contribution in [3.63, 3.8) is 0 Å². The zero-order valence-electron chi connectivity index (χ0n) is 15.1. The molecule has 1 aliphatic carbocycles. The van der Waals surface area contributed by atoms with Gasteiger partial charge in [0.2, 0.25) is 0 Å². The Morgan fingerprint density at radius 2 is 1.81 bits per heavy atom. The number of nitrogens with zero attached hydrogens (tertiary/aromatic N) is 3. The zero-order chi connectivity index (χ0) is 18.2. The number of pyridine rings is 1. The molecule has 0 saturated carbocycles. The number of aryl methyl sites for hydroxylation is 1. The maximum atomic E-state index is 5.09. The van der Waals surface area contributed by atoms with Gasteiger partial charge < -0.3 is 0 Å². The molecule has 0 saturated heterocycles. The van der Waals surface area contributed by atoms with Crippen LogP contribution in [0.15, 0.2) is 53.8 Å². The van der Waals surface area contributed by atoms with Gasteiger partial charge in [0.05, 0.1) is 22.9 Å². The predicted octanol–water partition coefficient (Wildman–Crippen LogP) is 5.33. The molecule has 1 aliphatic rings. The minimum atomic E-state index is 1.05. The average molecular weight is 352 g/mol. The van der Waals surface area contributed by atoms with Crippen LogP contribution in [-0.4, -0.2) is 21.9 Å². The van der Waals surface area contributed by atoms with Gasteiger partial charge in [-0.25, -0.2) is 4.98 Å². The SMILES string of the molecule is C=N/C=C\c1ccc(-c2nc3ccc4[nH]ncc4c3c3c2CCCC3)cc1. The lowest BCUT2D eigenvalue weighted by molar-refractivity contribution is 0.689. The largest absolute Gasteiger partial charge is 0.278 e. The summed E-state index contributed by atoms with van der Waals surface area (Å²) >= 11 is 0. The van der Waals surface area contributed by atoms with Gasteiger partial charge >= 0.3 is 0 Å². The Bertz CT molecular complexity index is 1180. The van der Waals surface area contributed by atoms with E-state index >= 15 is 0 Å². The molecule has 0 aliphatic heterocycles. The van der Waals surface area contributed by atoms with E-state index in [-0.39, 0.29) is 0 Å². The number of benzene rings is 2. The predicted molar refractivity (Wildman–Crippen MR) is 112 cm³/mol. The molecular weight excluding hydrogens is 332 g/mol. The molecule has 0 spiro atoms. The van der Waals surface area contributed by atoms with Crippen molar-refractivity contribution >= 4 is 34.6 Å². The average Bonchev–Trinajstić information content (AvgIpc) is 3.21. The highest BCUT2D eigenvalue weighted by molar-refractivity contribution is 6.07. The number of hydrogen-bond donors (Lipinski definition) is 1. The first-order valence-corrected chi connectivity index (χ1v) is 9.35. The molecule has 0 bridgehead atoms. The van der Waals surface area contributed by atoms with Gasteiger partial charge in [-0.05, 0) is 67.3 Å². The Hall–Kier alpha value is -3.27. The Labute approximate surface area is 157 Å². The van der Waals surface area contributed by atoms with Crippen molar-refractivity contribution in [1.82, 2.24) is 15.2 Å². The molecule has 0 fully saturated rings. The molecular formula is C23H20N4. The number of aromatic nitrogens is 3. The number of rotatable bonds is 3. The van der Waals surface area contributed by atoms with Gasteiger partial charge in [0.25, 0.3) is 0 Å². The van der Waals surface area contributed by atoms with E-state index in [2.05, 4.69) is 58.3 Å². The normalized spacial score (nSPS) is 14.1. The van der Waals surface area contributed by atoms with Gasteiger partial charge in [-0.2, -0.15) is 5.10 Å². The lowest BCUT2D eigenvalue weighted by atomic mass is 9.85. The third-order valence-electron chi connectivity index (χ3n) is 5.45. The number of fused-ring (bicyclic) bond motifs is 5. The van der Waals surface area contributed by atoms with Crippen LogP contribution in [0.3, 0.4) is 0 Å². The highest BCUT2D eigenvalue weighted by Crippen LogP contribution is 2.37. The van der Waals surface area contributed by atoms with Crippen LogP contribution >= 0.6 is 0 Å². The highest BCUT2D eigenvalue weighted by Gasteiger charge is 2.21. The van der Waals surface area contributed by atoms with Crippen LogP contribution < -0.4 is 0 Å². The van der Waals surface area contributed by atoms with E-state index in [0.29, 0.717) is 0 Å². The van der Waals surface area contributed by atoms with Gasteiger partial charge in [0, 0.05) is 22.5 Å². The number of hydrogen-bond acceptors (Lipinski definition) is 3. The van der Waals surface area contributed by atoms with Crippen molar-refractivity contribution in [2.24, 2.45) is 4.99 Å². The van der Waals surface area contributed by atoms with E-state index in [1.807, 2.05) is 12.3 Å². The zero-order valence-corrected chi connectivity index (χ0v) is 15.1. The monoisotopic (exact) mass is 352 g/mol. The minimum absolute atomic E-state index is 1.05. The van der Waals surface area contributed by atoms with Crippen LogP contribution in [0, 0.1) is 0 Å². The van der Waals surface area contributed by atoms with Crippen LogP contribution in [-0.2, 0) is 12.8 Å². The third kappa shape index (κ3) is 2.65. The second-order valence-corrected chi connectivity index (χ2v) is 7.04. The van der Waals surface area contributed by atoms with Crippen molar-refractivity contribution < 1.29 is 0 Å². The summed E-state index contributed by atoms with van der Waals surface area (Å²) in [5, 5.41) is 9.79. The molecule has 5 rings (SSSR count). The Balaban J connectivity index is 1.74. The number of H-pyrrole nitrogens is 1. The van der Waals surface area contributed by atoms with Crippen molar-refractivity contribution in [2.75, 3.05) is 0 Å². The summed E-state index contributed by atoms with van der Waals surface area (Å²) in [7, 11) is 0. The molecule has 132 valence electrons. The molecule has 27 heavy (non-hydrogen) atoms. The molecule has 4 heteroatoms. The van der Waals surface area contributed by atoms with Gasteiger partial charge in [0.1, 0.15) is 0 Å². The van der Waals surface area contributed by atoms with Gasteiger partial charge in [-0.1, -0.05) is 24.3 Å². The van der Waals surface area contributed by atoms with E-state index in [4.69, 9.17) is 4.98 Å². The molecule has 2 heterocycles. The summed E-state index contributed by atoms with van der Waals surface area (Å²) in [5.74, 6) is 0. The molecule has 0 unspecified atom stereocenters. The summed E-state index contributed by atoms with van der Waals surface area (Å²) in [6.45, 7) is 3.48. The fourth-order valence-corrected chi connectivity index (χ4v) is 4.18. The molecule has 2 aromatic heterocycles. The quantitative estimate of drug-likeness (QED) is 0.507. The minimum Gasteiger partial charge on any atom is -0.278 e. The van der Waals surface area contributed by atoms with Crippen LogP contribution in [0.5, 0.6) is 0 Å². The molecule has 4 nitrogen and oxygen atoms in total. The Kier molecular flexibility index (Phi) is 3.82. The van der Waals surface area contributed by atoms with Gasteiger partial charge in [0.15, 0.2) is 0 Å². The van der Waals surface area contributed by atoms with Crippen molar-refractivity contribution in [3.05, 3.63) is 65.5 Å². The second kappa shape index (κ2) is 6.47. The molecule has 0 atom stereocenters.